The summed E-state index contributed by atoms with van der Waals surface area (Å²) in [7, 11) is 0. The number of Topliss-reactive ketones (excluding diaryl/α,β-unsaturated/α-hetero) is 1. The fraction of sp³-hybridized carbons (Fsp3) is 0.667. The minimum Gasteiger partial charge on any atom is -0.297 e. The third-order valence-electron chi connectivity index (χ3n) is 0.598. The molecule has 0 aromatic heterocycles. The van der Waals surface area contributed by atoms with Gasteiger partial charge in [0.25, 0.3) is 0 Å². The third kappa shape index (κ3) is 3.69. The van der Waals surface area contributed by atoms with E-state index in [1.807, 2.05) is 0 Å². The van der Waals surface area contributed by atoms with Crippen LogP contribution in [0.2, 0.25) is 0 Å². The lowest BCUT2D eigenvalue weighted by Gasteiger charge is -1.95. The van der Waals surface area contributed by atoms with Gasteiger partial charge in [-0.2, -0.15) is 0 Å². The van der Waals surface area contributed by atoms with E-state index < -0.39 is 0 Å². The van der Waals surface area contributed by atoms with Crippen LogP contribution in [0.4, 0.5) is 0 Å². The number of hydrazine groups is 2. The number of hydrogen-bond donors (Lipinski definition) is 4. The molecule has 0 spiro atoms. The van der Waals surface area contributed by atoms with Crippen molar-refractivity contribution in [3.63, 3.8) is 0 Å². The molecule has 0 rings (SSSR count). The predicted molar refractivity (Wildman–Crippen MR) is 29.4 cm³/mol. The van der Waals surface area contributed by atoms with Gasteiger partial charge in [0.1, 0.15) is 0 Å². The number of hydrogen-bond acceptors (Lipinski definition) is 5. The standard InChI is InChI=1S/C3H10N4O/c4-6-1-3(8)2-7-5/h6-7H,1-2,4-5H2. The summed E-state index contributed by atoms with van der Waals surface area (Å²) >= 11 is 0. The minimum atomic E-state index is -0.0602. The molecule has 0 radical (unpaired) electrons. The number of rotatable bonds is 4. The molecule has 0 amide bonds. The maximum Gasteiger partial charge on any atom is 0.163 e. The highest BCUT2D eigenvalue weighted by atomic mass is 16.1. The van der Waals surface area contributed by atoms with Crippen LogP contribution in [0.1, 0.15) is 0 Å². The zero-order valence-electron chi connectivity index (χ0n) is 4.48. The zero-order valence-corrected chi connectivity index (χ0v) is 4.48. The summed E-state index contributed by atoms with van der Waals surface area (Å²) in [5, 5.41) is 0. The van der Waals surface area contributed by atoms with Gasteiger partial charge in [0.15, 0.2) is 5.78 Å². The van der Waals surface area contributed by atoms with E-state index in [-0.39, 0.29) is 18.9 Å². The Morgan fingerprint density at radius 2 is 1.62 bits per heavy atom. The Morgan fingerprint density at radius 3 is 1.88 bits per heavy atom. The molecule has 0 bridgehead atoms. The maximum absolute atomic E-state index is 10.4. The van der Waals surface area contributed by atoms with E-state index in [2.05, 4.69) is 10.9 Å². The van der Waals surface area contributed by atoms with E-state index in [9.17, 15) is 4.79 Å². The van der Waals surface area contributed by atoms with Crippen LogP contribution in [0.15, 0.2) is 0 Å². The summed E-state index contributed by atoms with van der Waals surface area (Å²) in [4.78, 5) is 10.4. The quantitative estimate of drug-likeness (QED) is 0.241. The van der Waals surface area contributed by atoms with Crippen LogP contribution in [0.25, 0.3) is 0 Å². The van der Waals surface area contributed by atoms with Gasteiger partial charge in [-0.3, -0.25) is 27.3 Å². The first-order valence-electron chi connectivity index (χ1n) is 2.20. The Hall–Kier alpha value is -0.490. The Morgan fingerprint density at radius 1 is 1.25 bits per heavy atom. The average molecular weight is 118 g/mol. The molecule has 48 valence electrons. The monoisotopic (exact) mass is 118 g/mol. The molecule has 0 heterocycles. The first-order chi connectivity index (χ1) is 3.81. The molecule has 5 nitrogen and oxygen atoms in total. The second-order valence-corrected chi connectivity index (χ2v) is 1.30. The summed E-state index contributed by atoms with van der Waals surface area (Å²) in [6.45, 7) is 0.314. The van der Waals surface area contributed by atoms with Gasteiger partial charge >= 0.3 is 0 Å². The number of carbonyl (C=O) groups excluding carboxylic acids is 1. The molecule has 6 N–H and O–H groups in total. The first kappa shape index (κ1) is 7.51. The second kappa shape index (κ2) is 4.66. The van der Waals surface area contributed by atoms with Crippen molar-refractivity contribution in [3.8, 4) is 0 Å². The van der Waals surface area contributed by atoms with Gasteiger partial charge in [-0.05, 0) is 0 Å². The zero-order chi connectivity index (χ0) is 6.41. The van der Waals surface area contributed by atoms with E-state index >= 15 is 0 Å². The third-order valence-corrected chi connectivity index (χ3v) is 0.598. The highest BCUT2D eigenvalue weighted by Gasteiger charge is 1.94. The molecule has 5 heteroatoms. The van der Waals surface area contributed by atoms with Gasteiger partial charge in [-0.1, -0.05) is 0 Å². The molecule has 0 fully saturated rings. The summed E-state index contributed by atoms with van der Waals surface area (Å²) < 4.78 is 0. The Kier molecular flexibility index (Phi) is 4.38. The number of carbonyl (C=O) groups is 1. The fourth-order valence-electron chi connectivity index (χ4n) is 0.290. The van der Waals surface area contributed by atoms with E-state index in [0.29, 0.717) is 0 Å². The van der Waals surface area contributed by atoms with Gasteiger partial charge < -0.3 is 0 Å². The molecule has 0 unspecified atom stereocenters. The fourth-order valence-corrected chi connectivity index (χ4v) is 0.290. The van der Waals surface area contributed by atoms with Crippen LogP contribution >= 0.6 is 0 Å². The van der Waals surface area contributed by atoms with Crippen LogP contribution in [0.3, 0.4) is 0 Å². The largest absolute Gasteiger partial charge is 0.297 e. The summed E-state index contributed by atoms with van der Waals surface area (Å²) in [6.07, 6.45) is 0. The lowest BCUT2D eigenvalue weighted by Crippen LogP contribution is -2.37. The topological polar surface area (TPSA) is 93.2 Å². The van der Waals surface area contributed by atoms with Crippen LogP contribution in [-0.4, -0.2) is 18.9 Å². The van der Waals surface area contributed by atoms with Crippen molar-refractivity contribution in [2.45, 2.75) is 0 Å². The lowest BCUT2D eigenvalue weighted by atomic mass is 10.4. The normalized spacial score (nSPS) is 9.25. The van der Waals surface area contributed by atoms with E-state index in [4.69, 9.17) is 11.7 Å². The van der Waals surface area contributed by atoms with Gasteiger partial charge in [0.2, 0.25) is 0 Å². The van der Waals surface area contributed by atoms with E-state index in [1.54, 1.807) is 0 Å². The second-order valence-electron chi connectivity index (χ2n) is 1.30. The summed E-state index contributed by atoms with van der Waals surface area (Å²) in [5.41, 5.74) is 4.41. The van der Waals surface area contributed by atoms with Crippen molar-refractivity contribution in [2.75, 3.05) is 13.1 Å². The van der Waals surface area contributed by atoms with Crippen LogP contribution < -0.4 is 22.5 Å². The Bertz CT molecular complexity index is 65.7. The number of ketones is 1. The molecule has 0 aromatic carbocycles. The predicted octanol–water partition coefficient (Wildman–Crippen LogP) is -2.52. The molecule has 0 saturated heterocycles. The molecule has 0 aliphatic rings. The first-order valence-corrected chi connectivity index (χ1v) is 2.20. The minimum absolute atomic E-state index is 0.0602. The smallest absolute Gasteiger partial charge is 0.163 e. The SMILES string of the molecule is NNCC(=O)CNN. The van der Waals surface area contributed by atoms with Crippen LogP contribution in [-0.2, 0) is 4.79 Å². The van der Waals surface area contributed by atoms with Gasteiger partial charge in [-0.25, -0.2) is 0 Å². The molecular formula is C3H10N4O. The van der Waals surface area contributed by atoms with Gasteiger partial charge in [0, 0.05) is 0 Å². The van der Waals surface area contributed by atoms with Crippen LogP contribution in [0, 0.1) is 0 Å². The van der Waals surface area contributed by atoms with Crippen LogP contribution in [0.5, 0.6) is 0 Å². The van der Waals surface area contributed by atoms with Crippen molar-refractivity contribution in [1.82, 2.24) is 10.9 Å². The summed E-state index contributed by atoms with van der Waals surface area (Å²) in [5.74, 6) is 9.58. The van der Waals surface area contributed by atoms with Gasteiger partial charge in [-0.15, -0.1) is 0 Å². The van der Waals surface area contributed by atoms with Crippen molar-refractivity contribution in [1.29, 1.82) is 0 Å². The molecule has 0 aromatic rings. The summed E-state index contributed by atoms with van der Waals surface area (Å²) in [6, 6.07) is 0. The van der Waals surface area contributed by atoms with Crippen molar-refractivity contribution in [3.05, 3.63) is 0 Å². The number of nitrogens with two attached hydrogens (primary N) is 2. The Labute approximate surface area is 47.4 Å². The molecular weight excluding hydrogens is 108 g/mol. The number of nitrogens with one attached hydrogen (secondary N) is 2. The highest BCUT2D eigenvalue weighted by molar-refractivity contribution is 5.82. The lowest BCUT2D eigenvalue weighted by molar-refractivity contribution is -0.117. The van der Waals surface area contributed by atoms with E-state index in [1.165, 1.54) is 0 Å². The Balaban J connectivity index is 3.06. The average Bonchev–Trinajstić information content (AvgIpc) is 1.68. The van der Waals surface area contributed by atoms with Crippen molar-refractivity contribution < 1.29 is 4.79 Å². The highest BCUT2D eigenvalue weighted by Crippen LogP contribution is 1.59. The van der Waals surface area contributed by atoms with Crippen molar-refractivity contribution in [2.24, 2.45) is 11.7 Å². The molecule has 0 aliphatic carbocycles. The molecule has 8 heavy (non-hydrogen) atoms. The van der Waals surface area contributed by atoms with E-state index in [0.717, 1.165) is 0 Å². The molecule has 0 atom stereocenters. The molecule has 0 aliphatic heterocycles. The maximum atomic E-state index is 10.4. The van der Waals surface area contributed by atoms with Gasteiger partial charge in [0.05, 0.1) is 13.1 Å². The van der Waals surface area contributed by atoms with Crippen molar-refractivity contribution >= 4 is 5.78 Å². The molecule has 0 saturated carbocycles.